The molecule has 1 aliphatic rings. The second-order valence-electron chi connectivity index (χ2n) is 8.91. The number of carbonyl (C=O) groups excluding carboxylic acids is 1. The van der Waals surface area contributed by atoms with Crippen molar-refractivity contribution >= 4 is 12.1 Å². The van der Waals surface area contributed by atoms with Crippen molar-refractivity contribution in [1.82, 2.24) is 5.32 Å². The van der Waals surface area contributed by atoms with Crippen molar-refractivity contribution in [1.29, 1.82) is 0 Å². The molecular formula is C29H22F3NO5. The fraction of sp³-hybridized carbons (Fsp3) is 0.172. The van der Waals surface area contributed by atoms with Gasteiger partial charge in [0.25, 0.3) is 0 Å². The Bertz CT molecular complexity index is 1430. The van der Waals surface area contributed by atoms with E-state index in [1.807, 2.05) is 48.5 Å². The van der Waals surface area contributed by atoms with Crippen molar-refractivity contribution in [2.75, 3.05) is 6.61 Å². The van der Waals surface area contributed by atoms with E-state index < -0.39 is 29.8 Å². The maximum atomic E-state index is 12.8. The van der Waals surface area contributed by atoms with E-state index in [1.165, 1.54) is 24.3 Å². The number of ether oxygens (including phenoxy) is 1. The quantitative estimate of drug-likeness (QED) is 0.290. The van der Waals surface area contributed by atoms with Gasteiger partial charge < -0.3 is 19.6 Å². The molecule has 1 aliphatic carbocycles. The molecule has 0 fully saturated rings. The number of rotatable bonds is 7. The normalized spacial score (nSPS) is 13.4. The Morgan fingerprint density at radius 1 is 0.895 bits per heavy atom. The van der Waals surface area contributed by atoms with Gasteiger partial charge in [0.05, 0.1) is 5.56 Å². The smallest absolute Gasteiger partial charge is 0.416 e. The van der Waals surface area contributed by atoms with Gasteiger partial charge in [-0.1, -0.05) is 60.7 Å². The minimum Gasteiger partial charge on any atom is -0.480 e. The van der Waals surface area contributed by atoms with Crippen molar-refractivity contribution in [3.8, 4) is 22.5 Å². The van der Waals surface area contributed by atoms with E-state index >= 15 is 0 Å². The fourth-order valence-electron chi connectivity index (χ4n) is 4.65. The SMILES string of the molecule is O=C(NC(Cc1ccc(-c2ccc(C(F)(F)F)cc2)o1)C(=O)O)OCC1c2ccccc2-c2ccccc21. The first-order valence-electron chi connectivity index (χ1n) is 11.8. The van der Waals surface area contributed by atoms with Crippen LogP contribution in [0.15, 0.2) is 89.3 Å². The highest BCUT2D eigenvalue weighted by Crippen LogP contribution is 2.44. The van der Waals surface area contributed by atoms with Gasteiger partial charge in [-0.3, -0.25) is 0 Å². The summed E-state index contributed by atoms with van der Waals surface area (Å²) in [5.74, 6) is -0.941. The van der Waals surface area contributed by atoms with Crippen LogP contribution in [-0.4, -0.2) is 29.8 Å². The molecule has 4 aromatic rings. The Labute approximate surface area is 215 Å². The molecule has 0 bridgehead atoms. The van der Waals surface area contributed by atoms with Crippen molar-refractivity contribution in [3.63, 3.8) is 0 Å². The molecule has 0 spiro atoms. The van der Waals surface area contributed by atoms with E-state index in [0.717, 1.165) is 34.4 Å². The van der Waals surface area contributed by atoms with E-state index in [9.17, 15) is 27.9 Å². The van der Waals surface area contributed by atoms with Crippen LogP contribution in [0.4, 0.5) is 18.0 Å². The van der Waals surface area contributed by atoms with Crippen LogP contribution in [0.1, 0.15) is 28.4 Å². The summed E-state index contributed by atoms with van der Waals surface area (Å²) in [6.45, 7) is 0.0328. The van der Waals surface area contributed by atoms with Gasteiger partial charge in [0.15, 0.2) is 0 Å². The lowest BCUT2D eigenvalue weighted by atomic mass is 9.98. The highest BCUT2D eigenvalue weighted by Gasteiger charge is 2.31. The largest absolute Gasteiger partial charge is 0.480 e. The van der Waals surface area contributed by atoms with Crippen LogP contribution in [-0.2, 0) is 22.1 Å². The summed E-state index contributed by atoms with van der Waals surface area (Å²) in [4.78, 5) is 24.4. The molecular weight excluding hydrogens is 499 g/mol. The van der Waals surface area contributed by atoms with Crippen LogP contribution in [0.3, 0.4) is 0 Å². The summed E-state index contributed by atoms with van der Waals surface area (Å²) in [5.41, 5.74) is 3.82. The molecule has 1 amide bonds. The average molecular weight is 521 g/mol. The third kappa shape index (κ3) is 5.13. The minimum atomic E-state index is -4.45. The fourth-order valence-corrected chi connectivity index (χ4v) is 4.65. The molecule has 0 aliphatic heterocycles. The van der Waals surface area contributed by atoms with Gasteiger partial charge in [-0.15, -0.1) is 0 Å². The zero-order valence-corrected chi connectivity index (χ0v) is 19.9. The van der Waals surface area contributed by atoms with Crippen molar-refractivity contribution in [2.45, 2.75) is 24.6 Å². The molecule has 9 heteroatoms. The van der Waals surface area contributed by atoms with Crippen LogP contribution in [0.5, 0.6) is 0 Å². The number of carboxylic acids is 1. The summed E-state index contributed by atoms with van der Waals surface area (Å²) >= 11 is 0. The van der Waals surface area contributed by atoms with E-state index in [2.05, 4.69) is 5.32 Å². The Kier molecular flexibility index (Phi) is 6.67. The maximum absolute atomic E-state index is 12.8. The number of alkyl carbamates (subject to hydrolysis) is 1. The van der Waals surface area contributed by atoms with Gasteiger partial charge in [0.2, 0.25) is 0 Å². The zero-order chi connectivity index (χ0) is 26.9. The van der Waals surface area contributed by atoms with E-state index in [-0.39, 0.29) is 30.5 Å². The Hall–Kier alpha value is -4.53. The third-order valence-electron chi connectivity index (χ3n) is 6.50. The number of amides is 1. The lowest BCUT2D eigenvalue weighted by Gasteiger charge is -2.17. The number of carboxylic acid groups (broad SMARTS) is 1. The van der Waals surface area contributed by atoms with Crippen molar-refractivity contribution in [2.24, 2.45) is 0 Å². The molecule has 3 aromatic carbocycles. The standard InChI is InChI=1S/C29H22F3NO5/c30-29(31,32)18-11-9-17(10-12-18)26-14-13-19(38-26)15-25(27(34)35)33-28(36)37-16-24-22-7-3-1-5-20(22)21-6-2-4-8-23(21)24/h1-14,24-25H,15-16H2,(H,33,36)(H,34,35). The average Bonchev–Trinajstić information content (AvgIpc) is 3.49. The molecule has 0 saturated carbocycles. The van der Waals surface area contributed by atoms with Gasteiger partial charge in [-0.25, -0.2) is 9.59 Å². The monoisotopic (exact) mass is 521 g/mol. The summed E-state index contributed by atoms with van der Waals surface area (Å²) in [6.07, 6.45) is -5.51. The molecule has 0 saturated heterocycles. The molecule has 2 N–H and O–H groups in total. The molecule has 0 radical (unpaired) electrons. The summed E-state index contributed by atoms with van der Waals surface area (Å²) in [5, 5.41) is 12.0. The van der Waals surface area contributed by atoms with Gasteiger partial charge in [0, 0.05) is 17.9 Å². The van der Waals surface area contributed by atoms with Gasteiger partial charge >= 0.3 is 18.2 Å². The number of carbonyl (C=O) groups is 2. The molecule has 194 valence electrons. The van der Waals surface area contributed by atoms with Crippen molar-refractivity contribution in [3.05, 3.63) is 107 Å². The third-order valence-corrected chi connectivity index (χ3v) is 6.50. The van der Waals surface area contributed by atoms with E-state index in [4.69, 9.17) is 9.15 Å². The van der Waals surface area contributed by atoms with Crippen LogP contribution in [0.2, 0.25) is 0 Å². The van der Waals surface area contributed by atoms with Gasteiger partial charge in [-0.2, -0.15) is 13.2 Å². The van der Waals surface area contributed by atoms with Crippen LogP contribution >= 0.6 is 0 Å². The number of alkyl halides is 3. The molecule has 38 heavy (non-hydrogen) atoms. The number of aliphatic carboxylic acids is 1. The maximum Gasteiger partial charge on any atom is 0.416 e. The zero-order valence-electron chi connectivity index (χ0n) is 19.9. The Morgan fingerprint density at radius 3 is 2.08 bits per heavy atom. The molecule has 1 aromatic heterocycles. The lowest BCUT2D eigenvalue weighted by molar-refractivity contribution is -0.139. The minimum absolute atomic E-state index is 0.0328. The highest BCUT2D eigenvalue weighted by molar-refractivity contribution is 5.81. The van der Waals surface area contributed by atoms with Crippen LogP contribution in [0, 0.1) is 0 Å². The summed E-state index contributed by atoms with van der Waals surface area (Å²) < 4.78 is 49.5. The summed E-state index contributed by atoms with van der Waals surface area (Å²) in [6, 6.07) is 21.8. The Morgan fingerprint density at radius 2 is 1.50 bits per heavy atom. The molecule has 1 heterocycles. The first-order valence-corrected chi connectivity index (χ1v) is 11.8. The molecule has 1 unspecified atom stereocenters. The number of hydrogen-bond donors (Lipinski definition) is 2. The number of fused-ring (bicyclic) bond motifs is 3. The number of benzene rings is 3. The Balaban J connectivity index is 1.22. The number of halogens is 3. The number of nitrogens with one attached hydrogen (secondary N) is 1. The van der Waals surface area contributed by atoms with E-state index in [1.54, 1.807) is 0 Å². The first-order chi connectivity index (χ1) is 18.2. The summed E-state index contributed by atoms with van der Waals surface area (Å²) in [7, 11) is 0. The predicted molar refractivity (Wildman–Crippen MR) is 132 cm³/mol. The molecule has 5 rings (SSSR count). The lowest BCUT2D eigenvalue weighted by Crippen LogP contribution is -2.42. The van der Waals surface area contributed by atoms with Crippen molar-refractivity contribution < 1.29 is 37.0 Å². The second-order valence-corrected chi connectivity index (χ2v) is 8.91. The molecule has 6 nitrogen and oxygen atoms in total. The first kappa shape index (κ1) is 25.1. The highest BCUT2D eigenvalue weighted by atomic mass is 19.4. The molecule has 1 atom stereocenters. The van der Waals surface area contributed by atoms with Crippen LogP contribution < -0.4 is 5.32 Å². The number of furan rings is 1. The van der Waals surface area contributed by atoms with Crippen LogP contribution in [0.25, 0.3) is 22.5 Å². The van der Waals surface area contributed by atoms with E-state index in [0.29, 0.717) is 5.56 Å². The second kappa shape index (κ2) is 10.1. The topological polar surface area (TPSA) is 88.8 Å². The predicted octanol–water partition coefficient (Wildman–Crippen LogP) is 6.50. The number of hydrogen-bond acceptors (Lipinski definition) is 4. The van der Waals surface area contributed by atoms with Gasteiger partial charge in [0.1, 0.15) is 24.2 Å². The van der Waals surface area contributed by atoms with Gasteiger partial charge in [-0.05, 0) is 46.5 Å².